The number of carbonyl (C=O) groups excluding carboxylic acids is 1. The van der Waals surface area contributed by atoms with E-state index in [-0.39, 0.29) is 22.1 Å². The topological polar surface area (TPSA) is 61.8 Å². The van der Waals surface area contributed by atoms with Gasteiger partial charge in [-0.1, -0.05) is 11.6 Å². The number of rotatable bonds is 4. The van der Waals surface area contributed by atoms with Crippen LogP contribution in [-0.2, 0) is 11.3 Å². The lowest BCUT2D eigenvalue weighted by molar-refractivity contribution is -0.129. The van der Waals surface area contributed by atoms with Crippen molar-refractivity contribution in [1.29, 1.82) is 0 Å². The Hall–Kier alpha value is -1.46. The minimum atomic E-state index is -0.348. The molecule has 0 spiro atoms. The molecular weight excluding hydrogens is 292 g/mol. The Bertz CT molecular complexity index is 550. The van der Waals surface area contributed by atoms with Crippen molar-refractivity contribution in [3.05, 3.63) is 22.7 Å². The fourth-order valence-electron chi connectivity index (χ4n) is 2.81. The summed E-state index contributed by atoms with van der Waals surface area (Å²) >= 11 is 6.00. The van der Waals surface area contributed by atoms with E-state index in [1.807, 2.05) is 6.92 Å². The van der Waals surface area contributed by atoms with Crippen LogP contribution in [0.15, 0.2) is 12.1 Å². The molecule has 0 saturated carbocycles. The number of hydrogen-bond acceptors (Lipinski definition) is 4. The van der Waals surface area contributed by atoms with Gasteiger partial charge >= 0.3 is 0 Å². The predicted octanol–water partition coefficient (Wildman–Crippen LogP) is 2.01. The summed E-state index contributed by atoms with van der Waals surface area (Å²) in [5, 5.41) is 12.7. The summed E-state index contributed by atoms with van der Waals surface area (Å²) in [6.07, 6.45) is 0.829. The van der Waals surface area contributed by atoms with E-state index < -0.39 is 0 Å². The number of likely N-dealkylation sites (tertiary alicyclic amines) is 1. The van der Waals surface area contributed by atoms with Crippen LogP contribution in [0.1, 0.15) is 18.9 Å². The van der Waals surface area contributed by atoms with Gasteiger partial charge in [-0.05, 0) is 37.6 Å². The molecule has 6 heteroatoms. The molecule has 116 valence electrons. The number of aromatic hydroxyl groups is 1. The van der Waals surface area contributed by atoms with E-state index >= 15 is 0 Å². The van der Waals surface area contributed by atoms with Crippen LogP contribution in [0.2, 0.25) is 5.02 Å². The minimum absolute atomic E-state index is 0.0421. The lowest BCUT2D eigenvalue weighted by Crippen LogP contribution is -2.39. The number of phenolic OH excluding ortho intramolecular Hbond substituents is 1. The standard InChI is InChI=1S/C15H21ClN2O3/c1-15(14(20)17-2)4-5-18(9-15)8-10-6-11(16)13(19)12(7-10)21-3/h6-7,19H,4-5,8-9H2,1-3H3,(H,17,20). The first-order valence-electron chi connectivity index (χ1n) is 6.89. The molecule has 1 fully saturated rings. The summed E-state index contributed by atoms with van der Waals surface area (Å²) in [5.41, 5.74) is 0.607. The summed E-state index contributed by atoms with van der Waals surface area (Å²) in [7, 11) is 3.16. The van der Waals surface area contributed by atoms with Crippen LogP contribution in [0.3, 0.4) is 0 Å². The van der Waals surface area contributed by atoms with E-state index in [0.29, 0.717) is 18.8 Å². The second kappa shape index (κ2) is 6.12. The van der Waals surface area contributed by atoms with Gasteiger partial charge in [-0.15, -0.1) is 0 Å². The van der Waals surface area contributed by atoms with E-state index in [9.17, 15) is 9.90 Å². The van der Waals surface area contributed by atoms with E-state index in [1.165, 1.54) is 7.11 Å². The molecule has 1 aromatic rings. The summed E-state index contributed by atoms with van der Waals surface area (Å²) in [5.74, 6) is 0.400. The Balaban J connectivity index is 2.10. The third-order valence-corrected chi connectivity index (χ3v) is 4.33. The molecular formula is C15H21ClN2O3. The van der Waals surface area contributed by atoms with Gasteiger partial charge in [0.05, 0.1) is 17.5 Å². The first-order chi connectivity index (χ1) is 9.89. The molecule has 1 amide bonds. The van der Waals surface area contributed by atoms with E-state index in [0.717, 1.165) is 18.5 Å². The van der Waals surface area contributed by atoms with Gasteiger partial charge in [-0.25, -0.2) is 0 Å². The normalized spacial score (nSPS) is 22.3. The fourth-order valence-corrected chi connectivity index (χ4v) is 3.04. The second-order valence-electron chi connectivity index (χ2n) is 5.73. The zero-order chi connectivity index (χ0) is 15.6. The fraction of sp³-hybridized carbons (Fsp3) is 0.533. The SMILES string of the molecule is CNC(=O)C1(C)CCN(Cc2cc(Cl)c(O)c(OC)c2)C1. The molecule has 0 bridgehead atoms. The molecule has 1 aromatic carbocycles. The minimum Gasteiger partial charge on any atom is -0.503 e. The van der Waals surface area contributed by atoms with Crippen LogP contribution < -0.4 is 10.1 Å². The summed E-state index contributed by atoms with van der Waals surface area (Å²) < 4.78 is 5.11. The third-order valence-electron chi connectivity index (χ3n) is 4.04. The molecule has 0 aliphatic carbocycles. The maximum Gasteiger partial charge on any atom is 0.227 e. The number of carbonyl (C=O) groups is 1. The van der Waals surface area contributed by atoms with Crippen molar-refractivity contribution < 1.29 is 14.6 Å². The van der Waals surface area contributed by atoms with Crippen LogP contribution >= 0.6 is 11.6 Å². The Morgan fingerprint density at radius 2 is 2.29 bits per heavy atom. The lowest BCUT2D eigenvalue weighted by atomic mass is 9.89. The number of phenols is 1. The van der Waals surface area contributed by atoms with Crippen molar-refractivity contribution in [1.82, 2.24) is 10.2 Å². The maximum atomic E-state index is 11.9. The first-order valence-corrected chi connectivity index (χ1v) is 7.27. The molecule has 5 nitrogen and oxygen atoms in total. The molecule has 2 N–H and O–H groups in total. The van der Waals surface area contributed by atoms with Gasteiger partial charge in [0.2, 0.25) is 5.91 Å². The van der Waals surface area contributed by atoms with Crippen molar-refractivity contribution in [3.8, 4) is 11.5 Å². The van der Waals surface area contributed by atoms with Gasteiger partial charge in [0, 0.05) is 20.1 Å². The van der Waals surface area contributed by atoms with Gasteiger partial charge in [0.1, 0.15) is 0 Å². The van der Waals surface area contributed by atoms with Crippen molar-refractivity contribution in [2.45, 2.75) is 19.9 Å². The van der Waals surface area contributed by atoms with Crippen LogP contribution in [0.25, 0.3) is 0 Å². The molecule has 2 rings (SSSR count). The molecule has 1 saturated heterocycles. The summed E-state index contributed by atoms with van der Waals surface area (Å²) in [6, 6.07) is 3.51. The zero-order valence-electron chi connectivity index (χ0n) is 12.6. The Morgan fingerprint density at radius 1 is 1.57 bits per heavy atom. The van der Waals surface area contributed by atoms with Crippen LogP contribution in [-0.4, -0.2) is 43.2 Å². The summed E-state index contributed by atoms with van der Waals surface area (Å²) in [4.78, 5) is 14.1. The van der Waals surface area contributed by atoms with Crippen molar-refractivity contribution in [3.63, 3.8) is 0 Å². The maximum absolute atomic E-state index is 11.9. The Morgan fingerprint density at radius 3 is 2.90 bits per heavy atom. The molecule has 1 aliphatic heterocycles. The highest BCUT2D eigenvalue weighted by Gasteiger charge is 2.39. The highest BCUT2D eigenvalue weighted by atomic mass is 35.5. The molecule has 0 aromatic heterocycles. The number of benzene rings is 1. The highest BCUT2D eigenvalue weighted by Crippen LogP contribution is 2.36. The number of nitrogens with one attached hydrogen (secondary N) is 1. The van der Waals surface area contributed by atoms with Crippen molar-refractivity contribution in [2.24, 2.45) is 5.41 Å². The van der Waals surface area contributed by atoms with Crippen LogP contribution in [0, 0.1) is 5.41 Å². The number of amides is 1. The Kier molecular flexibility index (Phi) is 4.64. The quantitative estimate of drug-likeness (QED) is 0.893. The largest absolute Gasteiger partial charge is 0.503 e. The predicted molar refractivity (Wildman–Crippen MR) is 81.7 cm³/mol. The van der Waals surface area contributed by atoms with Gasteiger partial charge in [-0.3, -0.25) is 9.69 Å². The van der Waals surface area contributed by atoms with Crippen molar-refractivity contribution >= 4 is 17.5 Å². The number of methoxy groups -OCH3 is 1. The zero-order valence-corrected chi connectivity index (χ0v) is 13.3. The molecule has 0 radical (unpaired) electrons. The number of ether oxygens (including phenoxy) is 1. The number of nitrogens with zero attached hydrogens (tertiary/aromatic N) is 1. The van der Waals surface area contributed by atoms with E-state index in [2.05, 4.69) is 10.2 Å². The Labute approximate surface area is 129 Å². The van der Waals surface area contributed by atoms with Gasteiger partial charge in [0.15, 0.2) is 11.5 Å². The first kappa shape index (κ1) is 15.9. The molecule has 21 heavy (non-hydrogen) atoms. The van der Waals surface area contributed by atoms with Crippen LogP contribution in [0.5, 0.6) is 11.5 Å². The monoisotopic (exact) mass is 312 g/mol. The van der Waals surface area contributed by atoms with Gasteiger partial charge in [-0.2, -0.15) is 0 Å². The molecule has 1 aliphatic rings. The lowest BCUT2D eigenvalue weighted by Gasteiger charge is -2.23. The average molecular weight is 313 g/mol. The van der Waals surface area contributed by atoms with Gasteiger partial charge in [0.25, 0.3) is 0 Å². The number of halogens is 1. The van der Waals surface area contributed by atoms with Gasteiger partial charge < -0.3 is 15.2 Å². The second-order valence-corrected chi connectivity index (χ2v) is 6.14. The van der Waals surface area contributed by atoms with Crippen molar-refractivity contribution in [2.75, 3.05) is 27.2 Å². The van der Waals surface area contributed by atoms with E-state index in [1.54, 1.807) is 19.2 Å². The smallest absolute Gasteiger partial charge is 0.227 e. The summed E-state index contributed by atoms with van der Waals surface area (Å²) in [6.45, 7) is 4.21. The molecule has 1 atom stereocenters. The number of hydrogen-bond donors (Lipinski definition) is 2. The molecule has 1 heterocycles. The van der Waals surface area contributed by atoms with E-state index in [4.69, 9.17) is 16.3 Å². The average Bonchev–Trinajstić information content (AvgIpc) is 2.84. The van der Waals surface area contributed by atoms with Crippen LogP contribution in [0.4, 0.5) is 0 Å². The highest BCUT2D eigenvalue weighted by molar-refractivity contribution is 6.32. The molecule has 1 unspecified atom stereocenters. The third kappa shape index (κ3) is 3.24.